The molecule has 0 unspecified atom stereocenters. The van der Waals surface area contributed by atoms with E-state index < -0.39 is 35.0 Å². The molecule has 2 aromatic heterocycles. The molecule has 4 rings (SSSR count). The first-order valence-electron chi connectivity index (χ1n) is 8.77. The molecule has 31 heavy (non-hydrogen) atoms. The highest BCUT2D eigenvalue weighted by Gasteiger charge is 2.34. The second-order valence-corrected chi connectivity index (χ2v) is 7.51. The van der Waals surface area contributed by atoms with Gasteiger partial charge in [-0.15, -0.1) is 11.3 Å². The molecule has 0 aliphatic heterocycles. The van der Waals surface area contributed by atoms with Crippen molar-refractivity contribution in [2.45, 2.75) is 6.18 Å². The van der Waals surface area contributed by atoms with Gasteiger partial charge in [0.2, 0.25) is 0 Å². The third-order valence-electron chi connectivity index (χ3n) is 4.49. The number of benzene rings is 2. The van der Waals surface area contributed by atoms with Crippen LogP contribution in [-0.4, -0.2) is 10.9 Å². The van der Waals surface area contributed by atoms with Crippen molar-refractivity contribution in [3.05, 3.63) is 76.7 Å². The minimum atomic E-state index is -4.65. The Morgan fingerprint density at radius 1 is 1.03 bits per heavy atom. The van der Waals surface area contributed by atoms with Crippen molar-refractivity contribution in [2.75, 3.05) is 11.1 Å². The smallest absolute Gasteiger partial charge is 0.397 e. The van der Waals surface area contributed by atoms with Crippen LogP contribution in [0.15, 0.2) is 54.6 Å². The molecule has 4 nitrogen and oxygen atoms in total. The zero-order chi connectivity index (χ0) is 22.3. The number of carbonyl (C=O) groups is 1. The molecule has 0 radical (unpaired) electrons. The number of pyridine rings is 1. The molecule has 0 atom stereocenters. The number of halogens is 5. The molecule has 0 saturated carbocycles. The van der Waals surface area contributed by atoms with Crippen LogP contribution in [0.3, 0.4) is 0 Å². The van der Waals surface area contributed by atoms with E-state index in [1.54, 1.807) is 0 Å². The van der Waals surface area contributed by atoms with E-state index in [0.717, 1.165) is 35.6 Å². The summed E-state index contributed by atoms with van der Waals surface area (Å²) in [5.41, 5.74) is 4.92. The summed E-state index contributed by atoms with van der Waals surface area (Å²) in [6.45, 7) is 0. The minimum absolute atomic E-state index is 0.0313. The number of amides is 1. The molecule has 4 aromatic rings. The molecule has 10 heteroatoms. The Balaban J connectivity index is 1.71. The van der Waals surface area contributed by atoms with Gasteiger partial charge in [0.05, 0.1) is 22.6 Å². The van der Waals surface area contributed by atoms with Crippen LogP contribution < -0.4 is 11.1 Å². The van der Waals surface area contributed by atoms with Crippen molar-refractivity contribution >= 4 is 38.8 Å². The number of rotatable bonds is 3. The number of aromatic nitrogens is 1. The third-order valence-corrected chi connectivity index (χ3v) is 5.60. The standard InChI is InChI=1S/C21H12F5N3OS/c22-10-5-6-11(14(23)9-10)15-8-7-12-17(27)18(31-20(12)29-15)19(30)28-16-4-2-1-3-13(16)21(24,25)26/h1-9H,27H2,(H,28,30). The SMILES string of the molecule is Nc1c(C(=O)Nc2ccccc2C(F)(F)F)sc2nc(-c3ccc(F)cc3F)ccc12. The summed E-state index contributed by atoms with van der Waals surface area (Å²) in [6.07, 6.45) is -4.65. The maximum absolute atomic E-state index is 14.1. The van der Waals surface area contributed by atoms with Gasteiger partial charge in [-0.25, -0.2) is 13.8 Å². The van der Waals surface area contributed by atoms with Gasteiger partial charge in [-0.1, -0.05) is 12.1 Å². The van der Waals surface area contributed by atoms with Crippen molar-refractivity contribution in [1.82, 2.24) is 4.98 Å². The molecular weight excluding hydrogens is 437 g/mol. The molecule has 0 bridgehead atoms. The molecular formula is C21H12F5N3OS. The number of hydrogen-bond acceptors (Lipinski definition) is 4. The number of nitrogens with two attached hydrogens (primary N) is 1. The summed E-state index contributed by atoms with van der Waals surface area (Å²) in [5.74, 6) is -2.37. The Hall–Kier alpha value is -3.53. The number of nitrogens with zero attached hydrogens (tertiary/aromatic N) is 1. The average Bonchev–Trinajstić information content (AvgIpc) is 3.03. The number of hydrogen-bond donors (Lipinski definition) is 2. The van der Waals surface area contributed by atoms with Crippen molar-refractivity contribution in [3.63, 3.8) is 0 Å². The van der Waals surface area contributed by atoms with E-state index in [9.17, 15) is 26.7 Å². The highest BCUT2D eigenvalue weighted by molar-refractivity contribution is 7.21. The largest absolute Gasteiger partial charge is 0.418 e. The number of fused-ring (bicyclic) bond motifs is 1. The average molecular weight is 449 g/mol. The van der Waals surface area contributed by atoms with E-state index >= 15 is 0 Å². The van der Waals surface area contributed by atoms with Crippen molar-refractivity contribution in [2.24, 2.45) is 0 Å². The first kappa shape index (κ1) is 20.7. The quantitative estimate of drug-likeness (QED) is 0.372. The van der Waals surface area contributed by atoms with Gasteiger partial charge in [0, 0.05) is 17.0 Å². The maximum Gasteiger partial charge on any atom is 0.418 e. The van der Waals surface area contributed by atoms with Crippen LogP contribution in [0.25, 0.3) is 21.5 Å². The Morgan fingerprint density at radius 3 is 2.48 bits per heavy atom. The molecule has 0 aliphatic carbocycles. The fraction of sp³-hybridized carbons (Fsp3) is 0.0476. The summed E-state index contributed by atoms with van der Waals surface area (Å²) in [7, 11) is 0. The molecule has 1 amide bonds. The Bertz CT molecular complexity index is 1320. The van der Waals surface area contributed by atoms with Crippen molar-refractivity contribution in [1.29, 1.82) is 0 Å². The normalized spacial score (nSPS) is 11.6. The number of thiophene rings is 1. The van der Waals surface area contributed by atoms with Gasteiger partial charge in [-0.3, -0.25) is 4.79 Å². The number of alkyl halides is 3. The van der Waals surface area contributed by atoms with Gasteiger partial charge in [-0.05, 0) is 36.4 Å². The van der Waals surface area contributed by atoms with Gasteiger partial charge < -0.3 is 11.1 Å². The number of nitrogens with one attached hydrogen (secondary N) is 1. The van der Waals surface area contributed by atoms with E-state index in [-0.39, 0.29) is 26.7 Å². The molecule has 158 valence electrons. The zero-order valence-electron chi connectivity index (χ0n) is 15.4. The number of para-hydroxylation sites is 1. The molecule has 2 aromatic carbocycles. The first-order valence-corrected chi connectivity index (χ1v) is 9.59. The van der Waals surface area contributed by atoms with Crippen LogP contribution in [0.5, 0.6) is 0 Å². The predicted octanol–water partition coefficient (Wildman–Crippen LogP) is 6.09. The summed E-state index contributed by atoms with van der Waals surface area (Å²) in [6, 6.07) is 10.6. The monoisotopic (exact) mass is 449 g/mol. The lowest BCUT2D eigenvalue weighted by molar-refractivity contribution is -0.136. The molecule has 0 saturated heterocycles. The van der Waals surface area contributed by atoms with Gasteiger partial charge >= 0.3 is 6.18 Å². The van der Waals surface area contributed by atoms with E-state index in [1.807, 2.05) is 0 Å². The van der Waals surface area contributed by atoms with E-state index in [0.29, 0.717) is 5.39 Å². The molecule has 0 fully saturated rings. The van der Waals surface area contributed by atoms with Gasteiger partial charge in [0.25, 0.3) is 5.91 Å². The summed E-state index contributed by atoms with van der Waals surface area (Å²) >= 11 is 0.857. The molecule has 2 heterocycles. The van der Waals surface area contributed by atoms with Gasteiger partial charge in [-0.2, -0.15) is 13.2 Å². The van der Waals surface area contributed by atoms with Crippen LogP contribution in [0.1, 0.15) is 15.2 Å². The van der Waals surface area contributed by atoms with E-state index in [4.69, 9.17) is 5.73 Å². The number of nitrogen functional groups attached to an aromatic ring is 1. The first-order chi connectivity index (χ1) is 14.6. The molecule has 0 aliphatic rings. The highest BCUT2D eigenvalue weighted by atomic mass is 32.1. The Morgan fingerprint density at radius 2 is 1.77 bits per heavy atom. The highest BCUT2D eigenvalue weighted by Crippen LogP contribution is 2.37. The van der Waals surface area contributed by atoms with Gasteiger partial charge in [0.15, 0.2) is 0 Å². The second kappa shape index (κ2) is 7.62. The van der Waals surface area contributed by atoms with Gasteiger partial charge in [0.1, 0.15) is 21.3 Å². The lowest BCUT2D eigenvalue weighted by atomic mass is 10.1. The second-order valence-electron chi connectivity index (χ2n) is 6.52. The number of carbonyl (C=O) groups excluding carboxylic acids is 1. The summed E-state index contributed by atoms with van der Waals surface area (Å²) < 4.78 is 66.7. The minimum Gasteiger partial charge on any atom is -0.397 e. The van der Waals surface area contributed by atoms with Crippen LogP contribution in [0.2, 0.25) is 0 Å². The molecule has 3 N–H and O–H groups in total. The topological polar surface area (TPSA) is 68.0 Å². The van der Waals surface area contributed by atoms with Crippen molar-refractivity contribution in [3.8, 4) is 11.3 Å². The molecule has 0 spiro atoms. The number of anilines is 2. The van der Waals surface area contributed by atoms with Crippen LogP contribution in [0, 0.1) is 11.6 Å². The van der Waals surface area contributed by atoms with Crippen molar-refractivity contribution < 1.29 is 26.7 Å². The van der Waals surface area contributed by atoms with Crippen LogP contribution in [0.4, 0.5) is 33.3 Å². The zero-order valence-corrected chi connectivity index (χ0v) is 16.2. The van der Waals surface area contributed by atoms with E-state index in [1.165, 1.54) is 30.3 Å². The summed E-state index contributed by atoms with van der Waals surface area (Å²) in [4.78, 5) is 17.2. The third kappa shape index (κ3) is 3.93. The Labute approximate surface area is 176 Å². The van der Waals surface area contributed by atoms with Crippen LogP contribution >= 0.6 is 11.3 Å². The van der Waals surface area contributed by atoms with Crippen LogP contribution in [-0.2, 0) is 6.18 Å². The Kier molecular flexibility index (Phi) is 5.10. The lowest BCUT2D eigenvalue weighted by Crippen LogP contribution is -2.16. The summed E-state index contributed by atoms with van der Waals surface area (Å²) in [5, 5.41) is 2.63. The van der Waals surface area contributed by atoms with E-state index in [2.05, 4.69) is 10.3 Å². The fourth-order valence-corrected chi connectivity index (χ4v) is 4.02. The predicted molar refractivity (Wildman–Crippen MR) is 109 cm³/mol. The lowest BCUT2D eigenvalue weighted by Gasteiger charge is -2.13. The maximum atomic E-state index is 14.1. The fourth-order valence-electron chi connectivity index (χ4n) is 3.03.